The third kappa shape index (κ3) is 7.59. The van der Waals surface area contributed by atoms with Crippen molar-refractivity contribution in [3.05, 3.63) is 69.8 Å². The third-order valence-corrected chi connectivity index (χ3v) is 3.45. The van der Waals surface area contributed by atoms with Crippen LogP contribution in [0.15, 0.2) is 36.4 Å². The molecule has 0 aliphatic heterocycles. The van der Waals surface area contributed by atoms with Crippen LogP contribution in [0.1, 0.15) is 62.1 Å². The number of halogens is 2. The molecule has 0 radical (unpaired) electrons. The number of hydrogen-bond donors (Lipinski definition) is 6. The molecule has 0 saturated carbocycles. The second-order valence-electron chi connectivity index (χ2n) is 5.35. The first-order valence-corrected chi connectivity index (χ1v) is 7.54. The van der Waals surface area contributed by atoms with Gasteiger partial charge in [0.15, 0.2) is 0 Å². The molecule has 0 spiro atoms. The van der Waals surface area contributed by atoms with Crippen LogP contribution >= 0.6 is 24.8 Å². The minimum atomic E-state index is -1.48. The number of carboxylic acid groups (broad SMARTS) is 6. The summed E-state index contributed by atoms with van der Waals surface area (Å²) in [5.41, 5.74) is -2.49. The molecule has 0 atom stereocenters. The molecule has 0 bridgehead atoms. The van der Waals surface area contributed by atoms with E-state index in [1.165, 1.54) is 0 Å². The normalized spacial score (nSPS) is 9.00. The second-order valence-corrected chi connectivity index (χ2v) is 5.35. The summed E-state index contributed by atoms with van der Waals surface area (Å²) in [6.07, 6.45) is 0. The van der Waals surface area contributed by atoms with E-state index in [0.29, 0.717) is 0 Å². The number of carboxylic acids is 6. The third-order valence-electron chi connectivity index (χ3n) is 3.45. The van der Waals surface area contributed by atoms with E-state index >= 15 is 0 Å². The minimum Gasteiger partial charge on any atom is -0.478 e. The molecule has 12 nitrogen and oxygen atoms in total. The summed E-state index contributed by atoms with van der Waals surface area (Å²) in [6, 6.07) is 5.61. The molecular weight excluding hydrogens is 479 g/mol. The SMILES string of the molecule is Cl.Cl.O=C(O)c1ccc(C(=O)O)c(C(=O)O)c1.O=C(O)c1ccc(C(=O)O)c(C(=O)O)c1. The van der Waals surface area contributed by atoms with Crippen LogP contribution < -0.4 is 0 Å². The second kappa shape index (κ2) is 12.5. The summed E-state index contributed by atoms with van der Waals surface area (Å²) < 4.78 is 0. The van der Waals surface area contributed by atoms with Gasteiger partial charge < -0.3 is 30.6 Å². The summed E-state index contributed by atoms with van der Waals surface area (Å²) >= 11 is 0. The average molecular weight is 493 g/mol. The summed E-state index contributed by atoms with van der Waals surface area (Å²) in [7, 11) is 0. The summed E-state index contributed by atoms with van der Waals surface area (Å²) in [5.74, 6) is -8.40. The molecule has 0 heterocycles. The molecule has 14 heteroatoms. The monoisotopic (exact) mass is 492 g/mol. The number of rotatable bonds is 6. The molecule has 32 heavy (non-hydrogen) atoms. The molecule has 0 unspecified atom stereocenters. The smallest absolute Gasteiger partial charge is 0.336 e. The molecule has 0 amide bonds. The van der Waals surface area contributed by atoms with Crippen molar-refractivity contribution in [3.63, 3.8) is 0 Å². The number of benzene rings is 2. The lowest BCUT2D eigenvalue weighted by Gasteiger charge is -2.02. The van der Waals surface area contributed by atoms with E-state index < -0.39 is 58.1 Å². The van der Waals surface area contributed by atoms with Crippen molar-refractivity contribution in [1.82, 2.24) is 0 Å². The zero-order chi connectivity index (χ0) is 23.2. The Bertz CT molecular complexity index is 992. The highest BCUT2D eigenvalue weighted by molar-refractivity contribution is 6.04. The summed E-state index contributed by atoms with van der Waals surface area (Å²) in [6.45, 7) is 0. The van der Waals surface area contributed by atoms with Gasteiger partial charge in [-0.3, -0.25) is 0 Å². The van der Waals surface area contributed by atoms with Crippen molar-refractivity contribution < 1.29 is 59.4 Å². The lowest BCUT2D eigenvalue weighted by molar-refractivity contribution is 0.0648. The quantitative estimate of drug-likeness (QED) is 0.341. The Balaban J connectivity index is 0. The van der Waals surface area contributed by atoms with Crippen molar-refractivity contribution in [3.8, 4) is 0 Å². The van der Waals surface area contributed by atoms with Crippen LogP contribution in [-0.4, -0.2) is 66.5 Å². The Morgan fingerprint density at radius 1 is 0.406 bits per heavy atom. The topological polar surface area (TPSA) is 224 Å². The maximum absolute atomic E-state index is 10.6. The van der Waals surface area contributed by atoms with Crippen LogP contribution in [0.5, 0.6) is 0 Å². The van der Waals surface area contributed by atoms with E-state index in [-0.39, 0.29) is 35.9 Å². The lowest BCUT2D eigenvalue weighted by atomic mass is 10.0. The highest BCUT2D eigenvalue weighted by atomic mass is 35.5. The van der Waals surface area contributed by atoms with Crippen LogP contribution in [0.2, 0.25) is 0 Å². The van der Waals surface area contributed by atoms with Gasteiger partial charge in [0, 0.05) is 0 Å². The van der Waals surface area contributed by atoms with Crippen LogP contribution in [-0.2, 0) is 0 Å². The first-order chi connectivity index (χ1) is 13.9. The van der Waals surface area contributed by atoms with Gasteiger partial charge >= 0.3 is 35.8 Å². The van der Waals surface area contributed by atoms with E-state index in [9.17, 15) is 28.8 Å². The predicted molar refractivity (Wildman–Crippen MR) is 109 cm³/mol. The zero-order valence-corrected chi connectivity index (χ0v) is 17.0. The molecule has 172 valence electrons. The average Bonchev–Trinajstić information content (AvgIpc) is 2.67. The van der Waals surface area contributed by atoms with Gasteiger partial charge in [0.05, 0.1) is 33.4 Å². The fourth-order valence-electron chi connectivity index (χ4n) is 2.08. The van der Waals surface area contributed by atoms with Gasteiger partial charge in [-0.15, -0.1) is 24.8 Å². The zero-order valence-electron chi connectivity index (χ0n) is 15.4. The van der Waals surface area contributed by atoms with Gasteiger partial charge in [-0.1, -0.05) is 0 Å². The van der Waals surface area contributed by atoms with Crippen LogP contribution in [0.3, 0.4) is 0 Å². The molecule has 0 fully saturated rings. The van der Waals surface area contributed by atoms with Crippen molar-refractivity contribution >= 4 is 60.6 Å². The molecule has 0 saturated heterocycles. The van der Waals surface area contributed by atoms with Gasteiger partial charge in [0.1, 0.15) is 0 Å². The van der Waals surface area contributed by atoms with E-state index in [1.54, 1.807) is 0 Å². The van der Waals surface area contributed by atoms with Gasteiger partial charge in [-0.2, -0.15) is 0 Å². The van der Waals surface area contributed by atoms with Gasteiger partial charge in [0.25, 0.3) is 0 Å². The fourth-order valence-corrected chi connectivity index (χ4v) is 2.08. The van der Waals surface area contributed by atoms with E-state index in [4.69, 9.17) is 30.6 Å². The highest BCUT2D eigenvalue weighted by Crippen LogP contribution is 2.13. The molecule has 2 aromatic rings. The van der Waals surface area contributed by atoms with Crippen LogP contribution in [0.25, 0.3) is 0 Å². The Hall–Kier alpha value is -4.16. The molecule has 0 aliphatic rings. The minimum absolute atomic E-state index is 0. The Morgan fingerprint density at radius 3 is 0.844 bits per heavy atom. The fraction of sp³-hybridized carbons (Fsp3) is 0. The lowest BCUT2D eigenvalue weighted by Crippen LogP contribution is -2.10. The highest BCUT2D eigenvalue weighted by Gasteiger charge is 2.19. The van der Waals surface area contributed by atoms with Gasteiger partial charge in [-0.05, 0) is 36.4 Å². The number of aromatic carboxylic acids is 6. The molecule has 2 rings (SSSR count). The Kier molecular flexibility index (Phi) is 11.7. The van der Waals surface area contributed by atoms with E-state index in [2.05, 4.69) is 0 Å². The van der Waals surface area contributed by atoms with Crippen molar-refractivity contribution in [2.24, 2.45) is 0 Å². The van der Waals surface area contributed by atoms with Gasteiger partial charge in [-0.25, -0.2) is 28.8 Å². The molecular formula is C18H14Cl2O12. The summed E-state index contributed by atoms with van der Waals surface area (Å²) in [5, 5.41) is 51.8. The standard InChI is InChI=1S/2C9H6O6.2ClH/c2*10-7(11)4-1-2-5(8(12)13)6(3-4)9(14)15;;/h2*1-3H,(H,10,11)(H,12,13)(H,14,15);2*1H. The summed E-state index contributed by atoms with van der Waals surface area (Å²) in [4.78, 5) is 63.5. The predicted octanol–water partition coefficient (Wildman–Crippen LogP) is 2.41. The van der Waals surface area contributed by atoms with Crippen LogP contribution in [0.4, 0.5) is 0 Å². The maximum atomic E-state index is 10.6. The van der Waals surface area contributed by atoms with Crippen molar-refractivity contribution in [1.29, 1.82) is 0 Å². The molecule has 2 aromatic carbocycles. The van der Waals surface area contributed by atoms with Gasteiger partial charge in [0.2, 0.25) is 0 Å². The molecule has 6 N–H and O–H groups in total. The first-order valence-electron chi connectivity index (χ1n) is 7.54. The largest absolute Gasteiger partial charge is 0.478 e. The molecule has 0 aliphatic carbocycles. The van der Waals surface area contributed by atoms with Crippen LogP contribution in [0, 0.1) is 0 Å². The van der Waals surface area contributed by atoms with E-state index in [0.717, 1.165) is 36.4 Å². The first kappa shape index (κ1) is 30.0. The molecule has 0 aromatic heterocycles. The maximum Gasteiger partial charge on any atom is 0.336 e. The number of carbonyl (C=O) groups is 6. The van der Waals surface area contributed by atoms with Crippen molar-refractivity contribution in [2.75, 3.05) is 0 Å². The van der Waals surface area contributed by atoms with Crippen molar-refractivity contribution in [2.45, 2.75) is 0 Å². The number of hydrogen-bond acceptors (Lipinski definition) is 6. The Morgan fingerprint density at radius 2 is 0.656 bits per heavy atom. The Labute approximate surface area is 190 Å². The van der Waals surface area contributed by atoms with E-state index in [1.807, 2.05) is 0 Å².